The fraction of sp³-hybridized carbons (Fsp3) is 0.471. The number of nitrogens with zero attached hydrogens (tertiary/aromatic N) is 1. The second-order valence-electron chi connectivity index (χ2n) is 10.8. The second-order valence-corrected chi connectivity index (χ2v) is 10.8. The lowest BCUT2D eigenvalue weighted by molar-refractivity contribution is -0.143. The molecule has 0 aliphatic rings. The fourth-order valence-electron chi connectivity index (χ4n) is 5.25. The van der Waals surface area contributed by atoms with Gasteiger partial charge in [-0.2, -0.15) is 0 Å². The molecule has 0 aliphatic heterocycles. The fourth-order valence-corrected chi connectivity index (χ4v) is 5.25. The summed E-state index contributed by atoms with van der Waals surface area (Å²) < 4.78 is 7.15. The lowest BCUT2D eigenvalue weighted by atomic mass is 9.97. The molecule has 0 fully saturated rings. The first-order valence-electron chi connectivity index (χ1n) is 14.6. The van der Waals surface area contributed by atoms with Crippen LogP contribution in [0.15, 0.2) is 54.6 Å². The number of carbonyl (C=O) groups is 2. The Morgan fingerprint density at radius 2 is 1.67 bits per heavy atom. The maximum Gasteiger partial charge on any atom is 0.305 e. The quantitative estimate of drug-likeness (QED) is 0.160. The SMILES string of the molecule is CCCC(Nc1ccc(C(=O)c2cc(CCCC(=O)OCC)n(C)c2CC)cc1)c1ccc(CC(C)C)cc1. The van der Waals surface area contributed by atoms with Crippen molar-refractivity contribution >= 4 is 17.4 Å². The van der Waals surface area contributed by atoms with Crippen molar-refractivity contribution < 1.29 is 14.3 Å². The van der Waals surface area contributed by atoms with Crippen molar-refractivity contribution in [3.63, 3.8) is 0 Å². The minimum absolute atomic E-state index is 0.0384. The van der Waals surface area contributed by atoms with Gasteiger partial charge in [0.15, 0.2) is 5.78 Å². The van der Waals surface area contributed by atoms with Crippen molar-refractivity contribution in [3.05, 3.63) is 88.2 Å². The van der Waals surface area contributed by atoms with Crippen molar-refractivity contribution in [2.24, 2.45) is 13.0 Å². The van der Waals surface area contributed by atoms with Gasteiger partial charge < -0.3 is 14.6 Å². The van der Waals surface area contributed by atoms with Crippen LogP contribution in [-0.4, -0.2) is 22.9 Å². The Balaban J connectivity index is 1.71. The van der Waals surface area contributed by atoms with E-state index in [9.17, 15) is 9.59 Å². The van der Waals surface area contributed by atoms with Crippen LogP contribution in [-0.2, 0) is 35.8 Å². The number of esters is 1. The van der Waals surface area contributed by atoms with Gasteiger partial charge in [0, 0.05) is 41.7 Å². The predicted octanol–water partition coefficient (Wildman–Crippen LogP) is 7.86. The number of hydrogen-bond acceptors (Lipinski definition) is 4. The minimum Gasteiger partial charge on any atom is -0.466 e. The van der Waals surface area contributed by atoms with Crippen molar-refractivity contribution in [3.8, 4) is 0 Å². The zero-order valence-electron chi connectivity index (χ0n) is 24.7. The molecular weight excluding hydrogens is 484 g/mol. The van der Waals surface area contributed by atoms with Gasteiger partial charge in [-0.25, -0.2) is 0 Å². The number of anilines is 1. The summed E-state index contributed by atoms with van der Waals surface area (Å²) in [6.45, 7) is 11.0. The molecule has 1 atom stereocenters. The lowest BCUT2D eigenvalue weighted by Gasteiger charge is -2.21. The normalized spacial score (nSPS) is 12.0. The Kier molecular flexibility index (Phi) is 11.4. The second kappa shape index (κ2) is 14.7. The molecule has 3 rings (SSSR count). The molecule has 0 spiro atoms. The number of ether oxygens (including phenoxy) is 1. The zero-order chi connectivity index (χ0) is 28.4. The van der Waals surface area contributed by atoms with Crippen LogP contribution in [0.2, 0.25) is 0 Å². The summed E-state index contributed by atoms with van der Waals surface area (Å²) in [4.78, 5) is 25.2. The molecule has 5 heteroatoms. The number of nitrogens with one attached hydrogen (secondary N) is 1. The van der Waals surface area contributed by atoms with E-state index < -0.39 is 0 Å². The number of carbonyl (C=O) groups excluding carboxylic acids is 2. The van der Waals surface area contributed by atoms with Gasteiger partial charge in [0.2, 0.25) is 0 Å². The first-order chi connectivity index (χ1) is 18.8. The van der Waals surface area contributed by atoms with E-state index in [1.54, 1.807) is 0 Å². The lowest BCUT2D eigenvalue weighted by Crippen LogP contribution is -2.11. The molecule has 5 nitrogen and oxygen atoms in total. The van der Waals surface area contributed by atoms with Gasteiger partial charge in [-0.3, -0.25) is 9.59 Å². The highest BCUT2D eigenvalue weighted by Gasteiger charge is 2.19. The molecule has 0 radical (unpaired) electrons. The average molecular weight is 531 g/mol. The molecule has 1 unspecified atom stereocenters. The Hall–Kier alpha value is -3.34. The van der Waals surface area contributed by atoms with Gasteiger partial charge in [0.1, 0.15) is 0 Å². The third kappa shape index (κ3) is 8.32. The zero-order valence-corrected chi connectivity index (χ0v) is 24.7. The molecule has 0 amide bonds. The standard InChI is InChI=1S/C34H46N2O3/c1-7-11-31(26-16-14-25(15-17-26)22-24(4)5)35-28-20-18-27(19-21-28)34(38)30-23-29(36(6)32(30)8-2)12-10-13-33(37)39-9-3/h14-21,23-24,31,35H,7-13,22H2,1-6H3. The molecule has 2 aromatic carbocycles. The van der Waals surface area contributed by atoms with Crippen molar-refractivity contribution in [1.29, 1.82) is 0 Å². The summed E-state index contributed by atoms with van der Waals surface area (Å²) in [5.74, 6) is 0.516. The molecule has 1 heterocycles. The average Bonchev–Trinajstić information content (AvgIpc) is 3.23. The summed E-state index contributed by atoms with van der Waals surface area (Å²) in [6.07, 6.45) is 5.80. The number of aryl methyl sites for hydroxylation is 1. The van der Waals surface area contributed by atoms with E-state index in [0.717, 1.165) is 54.7 Å². The summed E-state index contributed by atoms with van der Waals surface area (Å²) >= 11 is 0. The predicted molar refractivity (Wildman–Crippen MR) is 160 cm³/mol. The molecular formula is C34H46N2O3. The van der Waals surface area contributed by atoms with Gasteiger partial charge in [-0.15, -0.1) is 0 Å². The first-order valence-corrected chi connectivity index (χ1v) is 14.6. The monoisotopic (exact) mass is 530 g/mol. The molecule has 210 valence electrons. The molecule has 0 saturated heterocycles. The molecule has 1 aromatic heterocycles. The van der Waals surface area contributed by atoms with Crippen LogP contribution in [0.25, 0.3) is 0 Å². The largest absolute Gasteiger partial charge is 0.466 e. The van der Waals surface area contributed by atoms with Crippen LogP contribution >= 0.6 is 0 Å². The van der Waals surface area contributed by atoms with Crippen LogP contribution in [0.5, 0.6) is 0 Å². The van der Waals surface area contributed by atoms with E-state index in [4.69, 9.17) is 4.74 Å². The van der Waals surface area contributed by atoms with E-state index in [0.29, 0.717) is 30.9 Å². The van der Waals surface area contributed by atoms with Crippen molar-refractivity contribution in [2.45, 2.75) is 85.6 Å². The third-order valence-electron chi connectivity index (χ3n) is 7.25. The topological polar surface area (TPSA) is 60.3 Å². The highest BCUT2D eigenvalue weighted by Crippen LogP contribution is 2.27. The third-order valence-corrected chi connectivity index (χ3v) is 7.25. The Morgan fingerprint density at radius 3 is 2.26 bits per heavy atom. The summed E-state index contributed by atoms with van der Waals surface area (Å²) in [6, 6.07) is 19.1. The number of aromatic nitrogens is 1. The minimum atomic E-state index is -0.170. The van der Waals surface area contributed by atoms with Crippen molar-refractivity contribution in [2.75, 3.05) is 11.9 Å². The van der Waals surface area contributed by atoms with E-state index in [-0.39, 0.29) is 17.8 Å². The molecule has 1 N–H and O–H groups in total. The Labute approximate surface area is 235 Å². The van der Waals surface area contributed by atoms with Gasteiger partial charge >= 0.3 is 5.97 Å². The summed E-state index contributed by atoms with van der Waals surface area (Å²) in [5.41, 5.74) is 7.20. The smallest absolute Gasteiger partial charge is 0.305 e. The Morgan fingerprint density at radius 1 is 0.974 bits per heavy atom. The van der Waals surface area contributed by atoms with E-state index in [1.807, 2.05) is 44.3 Å². The highest BCUT2D eigenvalue weighted by atomic mass is 16.5. The summed E-state index contributed by atoms with van der Waals surface area (Å²) in [7, 11) is 2.01. The Bertz CT molecular complexity index is 1210. The molecule has 39 heavy (non-hydrogen) atoms. The molecule has 3 aromatic rings. The van der Waals surface area contributed by atoms with Gasteiger partial charge in [0.05, 0.1) is 12.6 Å². The van der Waals surface area contributed by atoms with Crippen LogP contribution < -0.4 is 5.32 Å². The van der Waals surface area contributed by atoms with Crippen LogP contribution in [0.3, 0.4) is 0 Å². The molecule has 0 aliphatic carbocycles. The van der Waals surface area contributed by atoms with Crippen LogP contribution in [0.4, 0.5) is 5.69 Å². The van der Waals surface area contributed by atoms with Gasteiger partial charge in [-0.1, -0.05) is 58.4 Å². The molecule has 0 bridgehead atoms. The van der Waals surface area contributed by atoms with Gasteiger partial charge in [-0.05, 0) is 86.4 Å². The molecule has 0 saturated carbocycles. The summed E-state index contributed by atoms with van der Waals surface area (Å²) in [5, 5.41) is 3.69. The first kappa shape index (κ1) is 30.2. The van der Waals surface area contributed by atoms with Crippen LogP contribution in [0.1, 0.15) is 105 Å². The number of benzene rings is 2. The van der Waals surface area contributed by atoms with E-state index in [2.05, 4.69) is 61.8 Å². The maximum atomic E-state index is 13.5. The number of rotatable bonds is 15. The number of hydrogen-bond donors (Lipinski definition) is 1. The van der Waals surface area contributed by atoms with E-state index in [1.165, 1.54) is 11.1 Å². The maximum absolute atomic E-state index is 13.5. The van der Waals surface area contributed by atoms with Gasteiger partial charge in [0.25, 0.3) is 0 Å². The number of ketones is 1. The van der Waals surface area contributed by atoms with Crippen molar-refractivity contribution in [1.82, 2.24) is 4.57 Å². The van der Waals surface area contributed by atoms with E-state index >= 15 is 0 Å². The highest BCUT2D eigenvalue weighted by molar-refractivity contribution is 6.10. The van der Waals surface area contributed by atoms with Crippen LogP contribution in [0, 0.1) is 5.92 Å².